The van der Waals surface area contributed by atoms with Gasteiger partial charge in [0.15, 0.2) is 0 Å². The summed E-state index contributed by atoms with van der Waals surface area (Å²) < 4.78 is 0.883. The molecule has 1 aliphatic rings. The number of carboxylic acids is 1. The first-order valence-corrected chi connectivity index (χ1v) is 7.05. The number of halogens is 1. The van der Waals surface area contributed by atoms with Gasteiger partial charge in [0.2, 0.25) is 0 Å². The molecule has 2 rings (SSSR count). The van der Waals surface area contributed by atoms with Crippen LogP contribution in [0.4, 0.5) is 0 Å². The third-order valence-electron chi connectivity index (χ3n) is 4.03. The summed E-state index contributed by atoms with van der Waals surface area (Å²) in [4.78, 5) is 11.8. The normalized spacial score (nSPS) is 20.3. The molecule has 0 aliphatic carbocycles. The first-order valence-electron chi connectivity index (χ1n) is 6.26. The maximum absolute atomic E-state index is 11.8. The van der Waals surface area contributed by atoms with E-state index < -0.39 is 11.4 Å². The summed E-state index contributed by atoms with van der Waals surface area (Å²) in [6.07, 6.45) is 1.81. The molecule has 1 unspecified atom stereocenters. The molecule has 0 aromatic heterocycles. The molecular formula is C14H18BrNO2. The molecule has 1 heterocycles. The van der Waals surface area contributed by atoms with E-state index in [0.29, 0.717) is 0 Å². The van der Waals surface area contributed by atoms with Crippen molar-refractivity contribution in [2.24, 2.45) is 5.92 Å². The summed E-state index contributed by atoms with van der Waals surface area (Å²) >= 11 is 3.49. The van der Waals surface area contributed by atoms with E-state index in [0.717, 1.165) is 36.0 Å². The number of nitrogens with one attached hydrogen (secondary N) is 1. The molecule has 0 spiro atoms. The number of carboxylic acid groups (broad SMARTS) is 1. The van der Waals surface area contributed by atoms with Crippen LogP contribution in [-0.2, 0) is 10.2 Å². The van der Waals surface area contributed by atoms with Gasteiger partial charge in [0.05, 0.1) is 5.41 Å². The Labute approximate surface area is 116 Å². The fourth-order valence-electron chi connectivity index (χ4n) is 2.79. The summed E-state index contributed by atoms with van der Waals surface area (Å²) in [5.41, 5.74) is 0.0618. The maximum Gasteiger partial charge on any atom is 0.314 e. The fraction of sp³-hybridized carbons (Fsp3) is 0.500. The Morgan fingerprint density at radius 3 is 2.56 bits per heavy atom. The van der Waals surface area contributed by atoms with Crippen LogP contribution in [0.5, 0.6) is 0 Å². The molecule has 1 fully saturated rings. The van der Waals surface area contributed by atoms with Gasteiger partial charge in [-0.05, 0) is 50.4 Å². The second-order valence-electron chi connectivity index (χ2n) is 5.01. The summed E-state index contributed by atoms with van der Waals surface area (Å²) in [5.74, 6) is -0.559. The van der Waals surface area contributed by atoms with Gasteiger partial charge in [0, 0.05) is 4.47 Å². The molecule has 1 aliphatic heterocycles. The molecule has 4 heteroatoms. The Kier molecular flexibility index (Phi) is 4.07. The van der Waals surface area contributed by atoms with Crippen molar-refractivity contribution >= 4 is 21.9 Å². The standard InChI is InChI=1S/C14H18BrNO2/c1-14(13(17)18,10-6-8-16-9-7-10)11-4-2-3-5-12(11)15/h2-5,10,16H,6-9H2,1H3,(H,17,18). The van der Waals surface area contributed by atoms with Gasteiger partial charge < -0.3 is 10.4 Å². The smallest absolute Gasteiger partial charge is 0.314 e. The topological polar surface area (TPSA) is 49.3 Å². The van der Waals surface area contributed by atoms with Crippen molar-refractivity contribution in [2.75, 3.05) is 13.1 Å². The fourth-order valence-corrected chi connectivity index (χ4v) is 3.49. The average Bonchev–Trinajstić information content (AvgIpc) is 2.39. The minimum atomic E-state index is -0.817. The van der Waals surface area contributed by atoms with E-state index in [4.69, 9.17) is 0 Å². The molecule has 1 aromatic carbocycles. The van der Waals surface area contributed by atoms with Crippen molar-refractivity contribution in [3.8, 4) is 0 Å². The van der Waals surface area contributed by atoms with Crippen LogP contribution in [0.15, 0.2) is 28.7 Å². The zero-order valence-electron chi connectivity index (χ0n) is 10.4. The van der Waals surface area contributed by atoms with Crippen molar-refractivity contribution in [1.82, 2.24) is 5.32 Å². The van der Waals surface area contributed by atoms with Crippen LogP contribution in [-0.4, -0.2) is 24.2 Å². The minimum absolute atomic E-state index is 0.176. The second-order valence-corrected chi connectivity index (χ2v) is 5.87. The average molecular weight is 312 g/mol. The van der Waals surface area contributed by atoms with Gasteiger partial charge in [0.25, 0.3) is 0 Å². The molecular weight excluding hydrogens is 294 g/mol. The van der Waals surface area contributed by atoms with Crippen molar-refractivity contribution in [2.45, 2.75) is 25.2 Å². The Morgan fingerprint density at radius 2 is 2.00 bits per heavy atom. The van der Waals surface area contributed by atoms with Crippen molar-refractivity contribution < 1.29 is 9.90 Å². The molecule has 18 heavy (non-hydrogen) atoms. The van der Waals surface area contributed by atoms with E-state index in [9.17, 15) is 9.90 Å². The zero-order valence-corrected chi connectivity index (χ0v) is 12.0. The van der Waals surface area contributed by atoms with E-state index in [1.807, 2.05) is 31.2 Å². The zero-order chi connectivity index (χ0) is 13.2. The van der Waals surface area contributed by atoms with Gasteiger partial charge in [-0.25, -0.2) is 0 Å². The number of rotatable bonds is 3. The summed E-state index contributed by atoms with van der Waals surface area (Å²) in [5, 5.41) is 13.0. The predicted octanol–water partition coefficient (Wildman–Crippen LogP) is 2.79. The highest BCUT2D eigenvalue weighted by Crippen LogP contribution is 2.40. The lowest BCUT2D eigenvalue weighted by atomic mass is 9.68. The highest BCUT2D eigenvalue weighted by Gasteiger charge is 2.44. The van der Waals surface area contributed by atoms with Crippen LogP contribution in [0.3, 0.4) is 0 Å². The number of piperidine rings is 1. The van der Waals surface area contributed by atoms with Gasteiger partial charge >= 0.3 is 5.97 Å². The van der Waals surface area contributed by atoms with Gasteiger partial charge in [-0.3, -0.25) is 4.79 Å². The van der Waals surface area contributed by atoms with Crippen LogP contribution in [0.1, 0.15) is 25.3 Å². The molecule has 0 bridgehead atoms. The van der Waals surface area contributed by atoms with Crippen molar-refractivity contribution in [3.63, 3.8) is 0 Å². The molecule has 0 saturated carbocycles. The van der Waals surface area contributed by atoms with Gasteiger partial charge in [0.1, 0.15) is 0 Å². The lowest BCUT2D eigenvalue weighted by Gasteiger charge is -2.37. The van der Waals surface area contributed by atoms with E-state index in [1.165, 1.54) is 0 Å². The highest BCUT2D eigenvalue weighted by atomic mass is 79.9. The molecule has 2 N–H and O–H groups in total. The maximum atomic E-state index is 11.8. The van der Waals surface area contributed by atoms with Crippen LogP contribution < -0.4 is 5.32 Å². The van der Waals surface area contributed by atoms with Gasteiger partial charge in [-0.2, -0.15) is 0 Å². The third-order valence-corrected chi connectivity index (χ3v) is 4.72. The third kappa shape index (κ3) is 2.31. The number of aliphatic carboxylic acids is 1. The molecule has 1 atom stereocenters. The van der Waals surface area contributed by atoms with Crippen LogP contribution in [0.25, 0.3) is 0 Å². The predicted molar refractivity (Wildman–Crippen MR) is 74.7 cm³/mol. The molecule has 0 radical (unpaired) electrons. The second kappa shape index (κ2) is 5.41. The molecule has 98 valence electrons. The largest absolute Gasteiger partial charge is 0.481 e. The highest BCUT2D eigenvalue weighted by molar-refractivity contribution is 9.10. The number of hydrogen-bond acceptors (Lipinski definition) is 2. The van der Waals surface area contributed by atoms with E-state index in [2.05, 4.69) is 21.2 Å². The van der Waals surface area contributed by atoms with Gasteiger partial charge in [-0.1, -0.05) is 34.1 Å². The summed E-state index contributed by atoms with van der Waals surface area (Å²) in [6.45, 7) is 3.65. The van der Waals surface area contributed by atoms with Crippen LogP contribution in [0, 0.1) is 5.92 Å². The molecule has 1 saturated heterocycles. The summed E-state index contributed by atoms with van der Waals surface area (Å²) in [6, 6.07) is 7.65. The number of benzene rings is 1. The molecule has 1 aromatic rings. The quantitative estimate of drug-likeness (QED) is 0.902. The Hall–Kier alpha value is -0.870. The Balaban J connectivity index is 2.43. The number of hydrogen-bond donors (Lipinski definition) is 2. The van der Waals surface area contributed by atoms with Crippen LogP contribution in [0.2, 0.25) is 0 Å². The molecule has 3 nitrogen and oxygen atoms in total. The first kappa shape index (κ1) is 13.6. The monoisotopic (exact) mass is 311 g/mol. The molecule has 0 amide bonds. The summed E-state index contributed by atoms with van der Waals surface area (Å²) in [7, 11) is 0. The van der Waals surface area contributed by atoms with Gasteiger partial charge in [-0.15, -0.1) is 0 Å². The van der Waals surface area contributed by atoms with E-state index in [1.54, 1.807) is 0 Å². The SMILES string of the molecule is CC(C(=O)O)(c1ccccc1Br)C1CCNCC1. The lowest BCUT2D eigenvalue weighted by Crippen LogP contribution is -2.45. The Bertz CT molecular complexity index is 443. The van der Waals surface area contributed by atoms with E-state index in [-0.39, 0.29) is 5.92 Å². The first-order chi connectivity index (χ1) is 8.56. The lowest BCUT2D eigenvalue weighted by molar-refractivity contribution is -0.146. The minimum Gasteiger partial charge on any atom is -0.481 e. The number of carbonyl (C=O) groups is 1. The van der Waals surface area contributed by atoms with Crippen molar-refractivity contribution in [3.05, 3.63) is 34.3 Å². The van der Waals surface area contributed by atoms with E-state index >= 15 is 0 Å². The van der Waals surface area contributed by atoms with Crippen LogP contribution >= 0.6 is 15.9 Å². The Morgan fingerprint density at radius 1 is 1.39 bits per heavy atom. The van der Waals surface area contributed by atoms with Crippen molar-refractivity contribution in [1.29, 1.82) is 0 Å².